The number of halogens is 3. The first-order valence-electron chi connectivity index (χ1n) is 3.58. The molecule has 1 heterocycles. The Bertz CT molecular complexity index is 357. The lowest BCUT2D eigenvalue weighted by atomic mass is 10.2. The fraction of sp³-hybridized carbons (Fsp3) is 0.250. The average Bonchev–Trinajstić information content (AvgIpc) is 2.16. The van der Waals surface area contributed by atoms with E-state index in [0.717, 1.165) is 12.3 Å². The highest BCUT2D eigenvalue weighted by Gasteiger charge is 2.16. The number of ether oxygens (including phenoxy) is 1. The van der Waals surface area contributed by atoms with E-state index in [1.165, 1.54) is 7.11 Å². The minimum absolute atomic E-state index is 0.0981. The summed E-state index contributed by atoms with van der Waals surface area (Å²) < 4.78 is 29.3. The highest BCUT2D eigenvalue weighted by atomic mass is 35.5. The molecule has 0 aliphatic rings. The van der Waals surface area contributed by atoms with E-state index in [1.807, 2.05) is 0 Å². The second kappa shape index (κ2) is 4.32. The van der Waals surface area contributed by atoms with E-state index in [2.05, 4.69) is 9.72 Å². The average molecular weight is 222 g/mol. The molecule has 1 aromatic heterocycles. The lowest BCUT2D eigenvalue weighted by Crippen LogP contribution is -1.99. The van der Waals surface area contributed by atoms with Crippen molar-refractivity contribution in [1.29, 1.82) is 0 Å². The van der Waals surface area contributed by atoms with Gasteiger partial charge >= 0.3 is 0 Å². The molecule has 0 N–H and O–H groups in total. The van der Waals surface area contributed by atoms with Crippen molar-refractivity contribution in [2.24, 2.45) is 0 Å². The standard InChI is InChI=1S/C8H6ClF2NO2/c1-14-6-2-5(7(9)13)12-3-4(6)8(10)11/h2-3,8H,1H3. The third kappa shape index (κ3) is 2.17. The van der Waals surface area contributed by atoms with Crippen LogP contribution in [0, 0.1) is 0 Å². The van der Waals surface area contributed by atoms with Gasteiger partial charge in [0, 0.05) is 12.3 Å². The highest BCUT2D eigenvalue weighted by molar-refractivity contribution is 6.67. The Balaban J connectivity index is 3.18. The summed E-state index contributed by atoms with van der Waals surface area (Å²) in [5, 5.41) is -0.816. The monoisotopic (exact) mass is 221 g/mol. The molecule has 1 rings (SSSR count). The molecule has 0 bridgehead atoms. The van der Waals surface area contributed by atoms with Crippen molar-refractivity contribution in [2.75, 3.05) is 7.11 Å². The van der Waals surface area contributed by atoms with Crippen molar-refractivity contribution in [3.63, 3.8) is 0 Å². The van der Waals surface area contributed by atoms with Gasteiger partial charge in [-0.05, 0) is 11.6 Å². The van der Waals surface area contributed by atoms with Gasteiger partial charge in [-0.15, -0.1) is 0 Å². The van der Waals surface area contributed by atoms with E-state index in [-0.39, 0.29) is 17.0 Å². The molecular weight excluding hydrogens is 216 g/mol. The summed E-state index contributed by atoms with van der Waals surface area (Å²) in [4.78, 5) is 14.1. The molecule has 0 aromatic carbocycles. The highest BCUT2D eigenvalue weighted by Crippen LogP contribution is 2.28. The Morgan fingerprint density at radius 2 is 2.29 bits per heavy atom. The molecule has 14 heavy (non-hydrogen) atoms. The van der Waals surface area contributed by atoms with Crippen molar-refractivity contribution < 1.29 is 18.3 Å². The lowest BCUT2D eigenvalue weighted by molar-refractivity contribution is 0.107. The second-order valence-corrected chi connectivity index (χ2v) is 2.73. The Kier molecular flexibility index (Phi) is 3.35. The third-order valence-electron chi connectivity index (χ3n) is 1.55. The first-order chi connectivity index (χ1) is 6.56. The van der Waals surface area contributed by atoms with E-state index in [4.69, 9.17) is 11.6 Å². The van der Waals surface area contributed by atoms with E-state index < -0.39 is 11.7 Å². The van der Waals surface area contributed by atoms with Gasteiger partial charge in [0.2, 0.25) is 0 Å². The zero-order chi connectivity index (χ0) is 10.7. The molecule has 3 nitrogen and oxygen atoms in total. The summed E-state index contributed by atoms with van der Waals surface area (Å²) >= 11 is 5.12. The Hall–Kier alpha value is -1.23. The van der Waals surface area contributed by atoms with Gasteiger partial charge in [-0.2, -0.15) is 0 Å². The minimum Gasteiger partial charge on any atom is -0.496 e. The van der Waals surface area contributed by atoms with Crippen LogP contribution in [-0.2, 0) is 0 Å². The summed E-state index contributed by atoms with van der Waals surface area (Å²) in [6.07, 6.45) is -1.82. The normalized spacial score (nSPS) is 10.4. The van der Waals surface area contributed by atoms with Crippen LogP contribution < -0.4 is 4.74 Å². The maximum Gasteiger partial charge on any atom is 0.270 e. The van der Waals surface area contributed by atoms with E-state index in [9.17, 15) is 13.6 Å². The zero-order valence-corrected chi connectivity index (χ0v) is 7.89. The van der Waals surface area contributed by atoms with Gasteiger partial charge in [-0.1, -0.05) is 0 Å². The Labute approximate surface area is 83.7 Å². The van der Waals surface area contributed by atoms with E-state index in [0.29, 0.717) is 0 Å². The fourth-order valence-electron chi connectivity index (χ4n) is 0.896. The third-order valence-corrected chi connectivity index (χ3v) is 1.75. The van der Waals surface area contributed by atoms with Crippen molar-refractivity contribution in [2.45, 2.75) is 6.43 Å². The van der Waals surface area contributed by atoms with Crippen LogP contribution in [0.4, 0.5) is 8.78 Å². The van der Waals surface area contributed by atoms with Crippen molar-refractivity contribution >= 4 is 16.8 Å². The van der Waals surface area contributed by atoms with Crippen LogP contribution in [0.3, 0.4) is 0 Å². The molecule has 6 heteroatoms. The molecule has 0 amide bonds. The number of pyridine rings is 1. The van der Waals surface area contributed by atoms with Crippen LogP contribution in [0.2, 0.25) is 0 Å². The van der Waals surface area contributed by atoms with Gasteiger partial charge in [-0.3, -0.25) is 9.78 Å². The van der Waals surface area contributed by atoms with Crippen molar-refractivity contribution in [1.82, 2.24) is 4.98 Å². The minimum atomic E-state index is -2.70. The lowest BCUT2D eigenvalue weighted by Gasteiger charge is -2.07. The number of carbonyl (C=O) groups is 1. The number of aromatic nitrogens is 1. The van der Waals surface area contributed by atoms with Crippen molar-refractivity contribution in [3.8, 4) is 5.75 Å². The van der Waals surface area contributed by atoms with E-state index in [1.54, 1.807) is 0 Å². The number of methoxy groups -OCH3 is 1. The van der Waals surface area contributed by atoms with Crippen LogP contribution in [-0.4, -0.2) is 17.3 Å². The number of nitrogens with zero attached hydrogens (tertiary/aromatic N) is 1. The van der Waals surface area contributed by atoms with Gasteiger partial charge in [0.25, 0.3) is 11.7 Å². The van der Waals surface area contributed by atoms with Gasteiger partial charge in [-0.25, -0.2) is 8.78 Å². The molecule has 0 radical (unpaired) electrons. The maximum absolute atomic E-state index is 12.3. The number of alkyl halides is 2. The summed E-state index contributed by atoms with van der Waals surface area (Å²) in [6, 6.07) is 1.08. The first-order valence-corrected chi connectivity index (χ1v) is 3.96. The summed E-state index contributed by atoms with van der Waals surface area (Å²) in [5.41, 5.74) is -0.484. The van der Waals surface area contributed by atoms with E-state index >= 15 is 0 Å². The first kappa shape index (κ1) is 10.8. The van der Waals surface area contributed by atoms with Gasteiger partial charge in [0.15, 0.2) is 0 Å². The predicted octanol–water partition coefficient (Wildman–Crippen LogP) is 2.41. The molecule has 76 valence electrons. The predicted molar refractivity (Wildman–Crippen MR) is 45.9 cm³/mol. The smallest absolute Gasteiger partial charge is 0.270 e. The summed E-state index contributed by atoms with van der Waals surface area (Å²) in [7, 11) is 1.23. The molecule has 0 spiro atoms. The Morgan fingerprint density at radius 1 is 1.64 bits per heavy atom. The van der Waals surface area contributed by atoms with Gasteiger partial charge in [0.1, 0.15) is 11.4 Å². The number of hydrogen-bond donors (Lipinski definition) is 0. The number of carbonyl (C=O) groups excluding carboxylic acids is 1. The molecular formula is C8H6ClF2NO2. The molecule has 0 aliphatic heterocycles. The van der Waals surface area contributed by atoms with Crippen LogP contribution >= 0.6 is 11.6 Å². The number of rotatable bonds is 3. The second-order valence-electron chi connectivity index (χ2n) is 2.39. The quantitative estimate of drug-likeness (QED) is 0.736. The molecule has 0 atom stereocenters. The molecule has 0 aliphatic carbocycles. The van der Waals surface area contributed by atoms with Crippen LogP contribution in [0.25, 0.3) is 0 Å². The molecule has 0 saturated carbocycles. The SMILES string of the molecule is COc1cc(C(=O)Cl)ncc1C(F)F. The van der Waals surface area contributed by atoms with Crippen LogP contribution in [0.1, 0.15) is 22.5 Å². The van der Waals surface area contributed by atoms with Crippen LogP contribution in [0.15, 0.2) is 12.3 Å². The maximum atomic E-state index is 12.3. The zero-order valence-electron chi connectivity index (χ0n) is 7.13. The Morgan fingerprint density at radius 3 is 2.71 bits per heavy atom. The van der Waals surface area contributed by atoms with Gasteiger partial charge < -0.3 is 4.74 Å². The van der Waals surface area contributed by atoms with Crippen LogP contribution in [0.5, 0.6) is 5.75 Å². The van der Waals surface area contributed by atoms with Gasteiger partial charge in [0.05, 0.1) is 12.7 Å². The molecule has 0 saturated heterocycles. The summed E-state index contributed by atoms with van der Waals surface area (Å²) in [6.45, 7) is 0. The topological polar surface area (TPSA) is 39.2 Å². The molecule has 0 fully saturated rings. The molecule has 1 aromatic rings. The summed E-state index contributed by atoms with van der Waals surface area (Å²) in [5.74, 6) is -0.0981. The fourth-order valence-corrected chi connectivity index (χ4v) is 0.999. The molecule has 0 unspecified atom stereocenters. The number of hydrogen-bond acceptors (Lipinski definition) is 3. The largest absolute Gasteiger partial charge is 0.496 e. The van der Waals surface area contributed by atoms with Crippen molar-refractivity contribution in [3.05, 3.63) is 23.5 Å².